The van der Waals surface area contributed by atoms with Gasteiger partial charge < -0.3 is 0 Å². The number of H-pyrrole nitrogens is 1. The standard InChI is InChI=1S/C16H28N2/c1-14(2,3)13-8-11-10-17-18-12(11)9-16(13,7)15(4,5)6/h10,13H,8-9H2,1-7H3,(H,17,18). The molecule has 0 saturated carbocycles. The zero-order valence-electron chi connectivity index (χ0n) is 13.0. The molecule has 0 spiro atoms. The molecule has 2 nitrogen and oxygen atoms in total. The molecule has 1 aromatic heterocycles. The number of fused-ring (bicyclic) bond motifs is 1. The van der Waals surface area contributed by atoms with Crippen molar-refractivity contribution in [3.05, 3.63) is 17.5 Å². The summed E-state index contributed by atoms with van der Waals surface area (Å²) in [6.45, 7) is 16.8. The van der Waals surface area contributed by atoms with E-state index in [2.05, 4.69) is 58.7 Å². The van der Waals surface area contributed by atoms with Crippen LogP contribution in [-0.4, -0.2) is 10.2 Å². The van der Waals surface area contributed by atoms with Crippen LogP contribution in [0.5, 0.6) is 0 Å². The number of aromatic nitrogens is 2. The third-order valence-corrected chi connectivity index (χ3v) is 5.30. The van der Waals surface area contributed by atoms with Crippen LogP contribution in [0.2, 0.25) is 0 Å². The normalized spacial score (nSPS) is 29.2. The smallest absolute Gasteiger partial charge is 0.0522 e. The van der Waals surface area contributed by atoms with Crippen molar-refractivity contribution >= 4 is 0 Å². The minimum atomic E-state index is 0.299. The molecular formula is C16H28N2. The summed E-state index contributed by atoms with van der Waals surface area (Å²) in [6, 6.07) is 0. The van der Waals surface area contributed by atoms with Crippen molar-refractivity contribution in [1.82, 2.24) is 10.2 Å². The van der Waals surface area contributed by atoms with E-state index >= 15 is 0 Å². The number of hydrogen-bond acceptors (Lipinski definition) is 1. The van der Waals surface area contributed by atoms with Crippen molar-refractivity contribution in [3.63, 3.8) is 0 Å². The molecule has 0 saturated heterocycles. The molecule has 1 N–H and O–H groups in total. The fourth-order valence-corrected chi connectivity index (χ4v) is 3.65. The molecule has 102 valence electrons. The van der Waals surface area contributed by atoms with E-state index in [4.69, 9.17) is 0 Å². The van der Waals surface area contributed by atoms with Crippen molar-refractivity contribution in [2.75, 3.05) is 0 Å². The molecule has 0 bridgehead atoms. The van der Waals surface area contributed by atoms with Crippen molar-refractivity contribution < 1.29 is 0 Å². The Hall–Kier alpha value is -0.790. The molecule has 0 aliphatic heterocycles. The fourth-order valence-electron chi connectivity index (χ4n) is 3.65. The molecule has 1 aromatic rings. The van der Waals surface area contributed by atoms with Crippen LogP contribution in [0, 0.1) is 22.2 Å². The lowest BCUT2D eigenvalue weighted by Crippen LogP contribution is -2.50. The zero-order valence-corrected chi connectivity index (χ0v) is 13.0. The van der Waals surface area contributed by atoms with E-state index in [1.807, 2.05) is 6.20 Å². The Bertz CT molecular complexity index is 431. The highest BCUT2D eigenvalue weighted by molar-refractivity contribution is 5.25. The average Bonchev–Trinajstić information content (AvgIpc) is 2.59. The highest BCUT2D eigenvalue weighted by atomic mass is 15.1. The molecule has 2 unspecified atom stereocenters. The Labute approximate surface area is 112 Å². The largest absolute Gasteiger partial charge is 0.282 e. The maximum Gasteiger partial charge on any atom is 0.0522 e. The minimum Gasteiger partial charge on any atom is -0.282 e. The highest BCUT2D eigenvalue weighted by Gasteiger charge is 2.51. The van der Waals surface area contributed by atoms with Crippen LogP contribution in [0.25, 0.3) is 0 Å². The quantitative estimate of drug-likeness (QED) is 0.731. The SMILES string of the molecule is CC(C)(C)C1Cc2cn[nH]c2CC1(C)C(C)(C)C. The number of hydrogen-bond donors (Lipinski definition) is 1. The number of nitrogens with one attached hydrogen (secondary N) is 1. The third kappa shape index (κ3) is 2.00. The molecule has 0 amide bonds. The van der Waals surface area contributed by atoms with Gasteiger partial charge in [-0.05, 0) is 40.6 Å². The summed E-state index contributed by atoms with van der Waals surface area (Å²) in [7, 11) is 0. The molecule has 0 radical (unpaired) electrons. The van der Waals surface area contributed by atoms with E-state index in [9.17, 15) is 0 Å². The van der Waals surface area contributed by atoms with Crippen LogP contribution in [0.3, 0.4) is 0 Å². The molecule has 0 fully saturated rings. The van der Waals surface area contributed by atoms with Gasteiger partial charge in [-0.3, -0.25) is 5.10 Å². The van der Waals surface area contributed by atoms with Crippen molar-refractivity contribution in [2.45, 2.75) is 61.3 Å². The molecule has 2 heteroatoms. The number of aromatic amines is 1. The maximum atomic E-state index is 4.24. The van der Waals surface area contributed by atoms with E-state index in [1.165, 1.54) is 11.3 Å². The second kappa shape index (κ2) is 3.85. The summed E-state index contributed by atoms with van der Waals surface area (Å²) in [6.07, 6.45) is 4.30. The third-order valence-electron chi connectivity index (χ3n) is 5.30. The van der Waals surface area contributed by atoms with Crippen LogP contribution >= 0.6 is 0 Å². The van der Waals surface area contributed by atoms with Gasteiger partial charge in [-0.15, -0.1) is 0 Å². The second-order valence-corrected chi connectivity index (χ2v) is 8.34. The van der Waals surface area contributed by atoms with Gasteiger partial charge in [0, 0.05) is 5.69 Å². The van der Waals surface area contributed by atoms with Gasteiger partial charge in [0.2, 0.25) is 0 Å². The maximum absolute atomic E-state index is 4.24. The Morgan fingerprint density at radius 3 is 2.33 bits per heavy atom. The molecule has 18 heavy (non-hydrogen) atoms. The summed E-state index contributed by atoms with van der Waals surface area (Å²) in [5.41, 5.74) is 3.72. The Balaban J connectivity index is 2.50. The van der Waals surface area contributed by atoms with Crippen LogP contribution in [0.1, 0.15) is 59.7 Å². The molecule has 2 atom stereocenters. The van der Waals surface area contributed by atoms with Crippen LogP contribution in [0.4, 0.5) is 0 Å². The molecule has 1 aliphatic carbocycles. The first-order valence-electron chi connectivity index (χ1n) is 7.07. The summed E-state index contributed by atoms with van der Waals surface area (Å²) < 4.78 is 0. The molecule has 1 heterocycles. The predicted molar refractivity (Wildman–Crippen MR) is 76.5 cm³/mol. The molecule has 1 aliphatic rings. The van der Waals surface area contributed by atoms with E-state index in [1.54, 1.807) is 0 Å². The summed E-state index contributed by atoms with van der Waals surface area (Å²) in [4.78, 5) is 0. The van der Waals surface area contributed by atoms with E-state index in [0.29, 0.717) is 22.2 Å². The minimum absolute atomic E-state index is 0.299. The van der Waals surface area contributed by atoms with E-state index < -0.39 is 0 Å². The Morgan fingerprint density at radius 1 is 1.22 bits per heavy atom. The number of rotatable bonds is 0. The topological polar surface area (TPSA) is 28.7 Å². The van der Waals surface area contributed by atoms with Crippen LogP contribution in [-0.2, 0) is 12.8 Å². The van der Waals surface area contributed by atoms with Gasteiger partial charge in [0.05, 0.1) is 6.20 Å². The lowest BCUT2D eigenvalue weighted by Gasteiger charge is -2.54. The van der Waals surface area contributed by atoms with Crippen molar-refractivity contribution in [2.24, 2.45) is 22.2 Å². The van der Waals surface area contributed by atoms with Crippen molar-refractivity contribution in [1.29, 1.82) is 0 Å². The average molecular weight is 248 g/mol. The Morgan fingerprint density at radius 2 is 1.83 bits per heavy atom. The summed E-state index contributed by atoms with van der Waals surface area (Å²) in [5, 5.41) is 7.45. The van der Waals surface area contributed by atoms with Crippen LogP contribution < -0.4 is 0 Å². The van der Waals surface area contributed by atoms with Gasteiger partial charge in [0.1, 0.15) is 0 Å². The first-order chi connectivity index (χ1) is 8.06. The van der Waals surface area contributed by atoms with Gasteiger partial charge in [-0.25, -0.2) is 0 Å². The molecular weight excluding hydrogens is 220 g/mol. The van der Waals surface area contributed by atoms with Crippen molar-refractivity contribution in [3.8, 4) is 0 Å². The lowest BCUT2D eigenvalue weighted by molar-refractivity contribution is -0.0325. The molecule has 2 rings (SSSR count). The first kappa shape index (κ1) is 13.6. The first-order valence-corrected chi connectivity index (χ1v) is 7.07. The van der Waals surface area contributed by atoms with E-state index in [0.717, 1.165) is 12.8 Å². The van der Waals surface area contributed by atoms with Gasteiger partial charge >= 0.3 is 0 Å². The highest BCUT2D eigenvalue weighted by Crippen LogP contribution is 2.56. The van der Waals surface area contributed by atoms with Gasteiger partial charge in [0.25, 0.3) is 0 Å². The van der Waals surface area contributed by atoms with E-state index in [-0.39, 0.29) is 0 Å². The van der Waals surface area contributed by atoms with Crippen LogP contribution in [0.15, 0.2) is 6.20 Å². The van der Waals surface area contributed by atoms with Gasteiger partial charge in [-0.2, -0.15) is 5.10 Å². The monoisotopic (exact) mass is 248 g/mol. The van der Waals surface area contributed by atoms with Gasteiger partial charge in [-0.1, -0.05) is 48.5 Å². The fraction of sp³-hybridized carbons (Fsp3) is 0.812. The molecule has 0 aromatic carbocycles. The Kier molecular flexibility index (Phi) is 2.92. The summed E-state index contributed by atoms with van der Waals surface area (Å²) >= 11 is 0. The second-order valence-electron chi connectivity index (χ2n) is 8.34. The predicted octanol–water partition coefficient (Wildman–Crippen LogP) is 4.22. The number of nitrogens with zero attached hydrogens (tertiary/aromatic N) is 1. The lowest BCUT2D eigenvalue weighted by atomic mass is 9.50. The summed E-state index contributed by atoms with van der Waals surface area (Å²) in [5.74, 6) is 0.690. The zero-order chi connectivity index (χ0) is 13.8. The van der Waals surface area contributed by atoms with Gasteiger partial charge in [0.15, 0.2) is 0 Å².